The molecule has 0 spiro atoms. The number of hydroxylamine groups is 2. The van der Waals surface area contributed by atoms with Crippen molar-refractivity contribution in [2.45, 2.75) is 79.8 Å². The van der Waals surface area contributed by atoms with Gasteiger partial charge in [-0.15, -0.1) is 24.4 Å². The van der Waals surface area contributed by atoms with Crippen LogP contribution in [0.3, 0.4) is 0 Å². The van der Waals surface area contributed by atoms with Crippen LogP contribution in [0.25, 0.3) is 0 Å². The van der Waals surface area contributed by atoms with Crippen molar-refractivity contribution >= 4 is 0 Å². The first-order valence-corrected chi connectivity index (χ1v) is 6.66. The molecule has 1 N–H and O–H groups in total. The Kier molecular flexibility index (Phi) is 58.1. The molecule has 0 aromatic heterocycles. The van der Waals surface area contributed by atoms with E-state index in [1.807, 2.05) is 0 Å². The standard InChI is InChI=1S/4C3H7O.C2H7NO.Ti/c5*1-3(2)4;/h4*3H,1-2H3;4H,1-2H3;/q4*-1;;+4. The molecule has 0 aliphatic carbocycles. The molecule has 21 heavy (non-hydrogen) atoms. The van der Waals surface area contributed by atoms with E-state index in [0.29, 0.717) is 0 Å². The second-order valence-electron chi connectivity index (χ2n) is 5.04. The van der Waals surface area contributed by atoms with Crippen LogP contribution in [0.5, 0.6) is 0 Å². The number of rotatable bonds is 0. The average Bonchev–Trinajstić information content (AvgIpc) is 1.94. The fourth-order valence-corrected chi connectivity index (χ4v) is 0. The zero-order chi connectivity index (χ0) is 17.9. The second-order valence-corrected chi connectivity index (χ2v) is 5.04. The minimum absolute atomic E-state index is 0. The van der Waals surface area contributed by atoms with Crippen molar-refractivity contribution < 1.29 is 47.4 Å². The topological polar surface area (TPSA) is 116 Å². The smallest absolute Gasteiger partial charge is 0.852 e. The zero-order valence-corrected chi connectivity index (χ0v) is 16.9. The van der Waals surface area contributed by atoms with Gasteiger partial charge < -0.3 is 25.6 Å². The quantitative estimate of drug-likeness (QED) is 0.443. The van der Waals surface area contributed by atoms with Gasteiger partial charge in [-0.2, -0.15) is 5.06 Å². The number of hydrogen-bond donors (Lipinski definition) is 1. The van der Waals surface area contributed by atoms with Gasteiger partial charge in [-0.05, 0) is 0 Å². The summed E-state index contributed by atoms with van der Waals surface area (Å²) in [5, 5.41) is 47.0. The van der Waals surface area contributed by atoms with Crippen molar-refractivity contribution in [3.05, 3.63) is 0 Å². The Hall–Kier alpha value is 0.474. The molecule has 0 atom stereocenters. The molecule has 0 saturated heterocycles. The predicted octanol–water partition coefficient (Wildman–Crippen LogP) is -1.04. The maximum Gasteiger partial charge on any atom is 4.00 e. The van der Waals surface area contributed by atoms with Crippen molar-refractivity contribution in [2.24, 2.45) is 0 Å². The molecule has 0 radical (unpaired) electrons. The van der Waals surface area contributed by atoms with E-state index < -0.39 is 24.4 Å². The van der Waals surface area contributed by atoms with E-state index in [9.17, 15) is 20.4 Å². The van der Waals surface area contributed by atoms with E-state index >= 15 is 0 Å². The molecule has 0 saturated carbocycles. The van der Waals surface area contributed by atoms with Crippen LogP contribution in [-0.4, -0.2) is 48.8 Å². The summed E-state index contributed by atoms with van der Waals surface area (Å²) >= 11 is 0. The Labute approximate surface area is 146 Å². The summed E-state index contributed by atoms with van der Waals surface area (Å²) < 4.78 is 0. The summed E-state index contributed by atoms with van der Waals surface area (Å²) in [4.78, 5) is 0. The van der Waals surface area contributed by atoms with Gasteiger partial charge >= 0.3 is 21.7 Å². The minimum Gasteiger partial charge on any atom is -0.852 e. The third kappa shape index (κ3) is 31100. The van der Waals surface area contributed by atoms with Crippen molar-refractivity contribution in [3.63, 3.8) is 0 Å². The van der Waals surface area contributed by atoms with Crippen LogP contribution in [0.2, 0.25) is 0 Å². The first-order chi connectivity index (χ1) is 8.66. The monoisotopic (exact) mass is 345 g/mol. The van der Waals surface area contributed by atoms with Gasteiger partial charge in [-0.3, -0.25) is 0 Å². The third-order valence-corrected chi connectivity index (χ3v) is 0. The predicted molar refractivity (Wildman–Crippen MR) is 76.0 cm³/mol. The van der Waals surface area contributed by atoms with Crippen molar-refractivity contribution in [1.82, 2.24) is 5.06 Å². The molecule has 0 aromatic carbocycles. The summed E-state index contributed by atoms with van der Waals surface area (Å²) in [6.45, 7) is 12.9. The molecule has 130 valence electrons. The van der Waals surface area contributed by atoms with Crippen LogP contribution in [-0.2, 0) is 21.7 Å². The Bertz CT molecular complexity index is 85.9. The van der Waals surface area contributed by atoms with Crippen LogP contribution in [0.4, 0.5) is 0 Å². The van der Waals surface area contributed by atoms with Gasteiger partial charge in [0, 0.05) is 14.1 Å². The second kappa shape index (κ2) is 32.4. The molecule has 0 heterocycles. The Balaban J connectivity index is -0.0000000331. The Morgan fingerprint density at radius 2 is 0.571 bits per heavy atom. The van der Waals surface area contributed by atoms with E-state index in [4.69, 9.17) is 5.21 Å². The molecule has 0 aliphatic rings. The molecule has 0 fully saturated rings. The van der Waals surface area contributed by atoms with Crippen LogP contribution in [0, 0.1) is 0 Å². The van der Waals surface area contributed by atoms with Crippen LogP contribution in [0.15, 0.2) is 0 Å². The molecule has 0 amide bonds. The van der Waals surface area contributed by atoms with Gasteiger partial charge in [-0.1, -0.05) is 55.4 Å². The number of hydrogen-bond acceptors (Lipinski definition) is 6. The van der Waals surface area contributed by atoms with Crippen molar-refractivity contribution in [3.8, 4) is 0 Å². The maximum atomic E-state index is 9.53. The van der Waals surface area contributed by atoms with Gasteiger partial charge in [0.05, 0.1) is 0 Å². The maximum absolute atomic E-state index is 9.53. The molecule has 7 heteroatoms. The van der Waals surface area contributed by atoms with Crippen LogP contribution >= 0.6 is 0 Å². The van der Waals surface area contributed by atoms with Crippen LogP contribution < -0.4 is 20.4 Å². The van der Waals surface area contributed by atoms with E-state index in [0.717, 1.165) is 5.06 Å². The molecular formula is C14H35NO5Ti. The first kappa shape index (κ1) is 37.6. The first-order valence-electron chi connectivity index (χ1n) is 6.66. The Morgan fingerprint density at radius 3 is 0.571 bits per heavy atom. The fraction of sp³-hybridized carbons (Fsp3) is 1.00. The fourth-order valence-electron chi connectivity index (χ4n) is 0. The Morgan fingerprint density at radius 1 is 0.571 bits per heavy atom. The van der Waals surface area contributed by atoms with Gasteiger partial charge in [-0.25, -0.2) is 0 Å². The van der Waals surface area contributed by atoms with E-state index in [1.165, 1.54) is 0 Å². The molecule has 0 aliphatic heterocycles. The summed E-state index contributed by atoms with van der Waals surface area (Å²) in [7, 11) is 3.11. The molecule has 0 unspecified atom stereocenters. The minimum atomic E-state index is -0.417. The van der Waals surface area contributed by atoms with Gasteiger partial charge in [0.25, 0.3) is 0 Å². The van der Waals surface area contributed by atoms with Crippen molar-refractivity contribution in [2.75, 3.05) is 14.1 Å². The largest absolute Gasteiger partial charge is 4.00 e. The number of nitrogens with zero attached hydrogens (tertiary/aromatic N) is 1. The van der Waals surface area contributed by atoms with Crippen LogP contribution in [0.1, 0.15) is 55.4 Å². The van der Waals surface area contributed by atoms with Gasteiger partial charge in [0.15, 0.2) is 0 Å². The molecule has 0 bridgehead atoms. The summed E-state index contributed by atoms with van der Waals surface area (Å²) in [6, 6.07) is 0. The summed E-state index contributed by atoms with van der Waals surface area (Å²) in [5.74, 6) is 0. The van der Waals surface area contributed by atoms with E-state index in [-0.39, 0.29) is 21.7 Å². The van der Waals surface area contributed by atoms with Gasteiger partial charge in [0.1, 0.15) is 0 Å². The average molecular weight is 345 g/mol. The normalized spacial score (nSPS) is 8.57. The third-order valence-electron chi connectivity index (χ3n) is 0. The molecule has 0 rings (SSSR count). The summed E-state index contributed by atoms with van der Waals surface area (Å²) in [5.41, 5.74) is 0. The SMILES string of the molecule is CC(C)[O-].CC(C)[O-].CC(C)[O-].CC(C)[O-].CN(C)O.[Ti+4]. The molecule has 6 nitrogen and oxygen atoms in total. The van der Waals surface area contributed by atoms with Gasteiger partial charge in [0.2, 0.25) is 0 Å². The molecular weight excluding hydrogens is 310 g/mol. The molecule has 0 aromatic rings. The van der Waals surface area contributed by atoms with Crippen molar-refractivity contribution in [1.29, 1.82) is 0 Å². The summed E-state index contributed by atoms with van der Waals surface area (Å²) in [6.07, 6.45) is -1.67. The van der Waals surface area contributed by atoms with E-state index in [2.05, 4.69) is 0 Å². The van der Waals surface area contributed by atoms with E-state index in [1.54, 1.807) is 69.5 Å². The zero-order valence-electron chi connectivity index (χ0n) is 15.3.